The van der Waals surface area contributed by atoms with E-state index in [0.717, 1.165) is 18.1 Å². The van der Waals surface area contributed by atoms with E-state index in [1.165, 1.54) is 70.9 Å². The number of rotatable bonds is 8. The van der Waals surface area contributed by atoms with Crippen LogP contribution in [0.4, 0.5) is 0 Å². The predicted molar refractivity (Wildman–Crippen MR) is 79.0 cm³/mol. The third-order valence-electron chi connectivity index (χ3n) is 4.67. The standard InChI is InChI=1S/C16H32N2/c1-3-7-16-9-4-5-13-18(16)14(2)8-6-12-17-15-10-11-15/h14-17H,3-13H2,1-2H3. The summed E-state index contributed by atoms with van der Waals surface area (Å²) < 4.78 is 0. The molecule has 2 rings (SSSR count). The minimum atomic E-state index is 0.794. The fourth-order valence-electron chi connectivity index (χ4n) is 3.40. The molecule has 1 aliphatic carbocycles. The number of likely N-dealkylation sites (tertiary alicyclic amines) is 1. The largest absolute Gasteiger partial charge is 0.314 e. The summed E-state index contributed by atoms with van der Waals surface area (Å²) in [5, 5.41) is 3.63. The Balaban J connectivity index is 1.65. The molecule has 0 amide bonds. The van der Waals surface area contributed by atoms with Crippen molar-refractivity contribution in [2.24, 2.45) is 0 Å². The Morgan fingerprint density at radius 3 is 2.78 bits per heavy atom. The van der Waals surface area contributed by atoms with E-state index in [1.54, 1.807) is 0 Å². The zero-order chi connectivity index (χ0) is 12.8. The Morgan fingerprint density at radius 1 is 1.22 bits per heavy atom. The summed E-state index contributed by atoms with van der Waals surface area (Å²) in [7, 11) is 0. The molecule has 0 aromatic carbocycles. The van der Waals surface area contributed by atoms with Crippen molar-refractivity contribution in [2.75, 3.05) is 13.1 Å². The van der Waals surface area contributed by atoms with E-state index in [2.05, 4.69) is 24.1 Å². The molecule has 2 aliphatic rings. The summed E-state index contributed by atoms with van der Waals surface area (Å²) >= 11 is 0. The topological polar surface area (TPSA) is 15.3 Å². The van der Waals surface area contributed by atoms with Crippen LogP contribution in [-0.4, -0.2) is 36.1 Å². The second kappa shape index (κ2) is 7.49. The van der Waals surface area contributed by atoms with Crippen LogP contribution in [0.5, 0.6) is 0 Å². The van der Waals surface area contributed by atoms with Gasteiger partial charge in [-0.1, -0.05) is 19.8 Å². The predicted octanol–water partition coefficient (Wildman–Crippen LogP) is 3.56. The molecule has 1 aliphatic heterocycles. The molecule has 0 spiro atoms. The van der Waals surface area contributed by atoms with Crippen molar-refractivity contribution in [3.05, 3.63) is 0 Å². The maximum atomic E-state index is 3.63. The summed E-state index contributed by atoms with van der Waals surface area (Å²) in [5.74, 6) is 0. The number of nitrogens with one attached hydrogen (secondary N) is 1. The van der Waals surface area contributed by atoms with Crippen LogP contribution in [0.2, 0.25) is 0 Å². The van der Waals surface area contributed by atoms with Gasteiger partial charge in [0, 0.05) is 18.1 Å². The number of hydrogen-bond donors (Lipinski definition) is 1. The molecule has 1 N–H and O–H groups in total. The van der Waals surface area contributed by atoms with Crippen LogP contribution in [0.1, 0.15) is 71.6 Å². The summed E-state index contributed by atoms with van der Waals surface area (Å²) in [6, 6.07) is 2.56. The van der Waals surface area contributed by atoms with Gasteiger partial charge in [0.05, 0.1) is 0 Å². The molecule has 2 atom stereocenters. The summed E-state index contributed by atoms with van der Waals surface area (Å²) in [6.45, 7) is 7.37. The molecule has 106 valence electrons. The number of hydrogen-bond acceptors (Lipinski definition) is 2. The van der Waals surface area contributed by atoms with Gasteiger partial charge >= 0.3 is 0 Å². The van der Waals surface area contributed by atoms with Crippen molar-refractivity contribution in [1.29, 1.82) is 0 Å². The first-order chi connectivity index (χ1) is 8.81. The second-order valence-electron chi connectivity index (χ2n) is 6.40. The smallest absolute Gasteiger partial charge is 0.00979 e. The van der Waals surface area contributed by atoms with Gasteiger partial charge in [-0.3, -0.25) is 4.90 Å². The molecule has 1 saturated carbocycles. The summed E-state index contributed by atoms with van der Waals surface area (Å²) in [4.78, 5) is 2.81. The van der Waals surface area contributed by atoms with Crippen LogP contribution < -0.4 is 5.32 Å². The van der Waals surface area contributed by atoms with E-state index in [1.807, 2.05) is 0 Å². The van der Waals surface area contributed by atoms with Crippen LogP contribution in [0.15, 0.2) is 0 Å². The fraction of sp³-hybridized carbons (Fsp3) is 1.00. The monoisotopic (exact) mass is 252 g/mol. The lowest BCUT2D eigenvalue weighted by Gasteiger charge is -2.40. The quantitative estimate of drug-likeness (QED) is 0.665. The highest BCUT2D eigenvalue weighted by atomic mass is 15.2. The zero-order valence-corrected chi connectivity index (χ0v) is 12.5. The molecule has 1 heterocycles. The van der Waals surface area contributed by atoms with E-state index in [0.29, 0.717) is 0 Å². The summed E-state index contributed by atoms with van der Waals surface area (Å²) in [6.07, 6.45) is 12.6. The van der Waals surface area contributed by atoms with Gasteiger partial charge in [-0.05, 0) is 65.0 Å². The Bertz CT molecular complexity index is 223. The molecule has 18 heavy (non-hydrogen) atoms. The maximum Gasteiger partial charge on any atom is 0.00979 e. The Labute approximate surface area is 114 Å². The molecule has 2 nitrogen and oxygen atoms in total. The van der Waals surface area contributed by atoms with E-state index >= 15 is 0 Å². The van der Waals surface area contributed by atoms with Crippen molar-refractivity contribution in [3.63, 3.8) is 0 Å². The highest BCUT2D eigenvalue weighted by Gasteiger charge is 2.25. The van der Waals surface area contributed by atoms with Crippen LogP contribution >= 0.6 is 0 Å². The summed E-state index contributed by atoms with van der Waals surface area (Å²) in [5.41, 5.74) is 0. The van der Waals surface area contributed by atoms with E-state index in [4.69, 9.17) is 0 Å². The molecule has 2 heteroatoms. The number of piperidine rings is 1. The Hall–Kier alpha value is -0.0800. The first kappa shape index (κ1) is 14.3. The van der Waals surface area contributed by atoms with Gasteiger partial charge < -0.3 is 5.32 Å². The molecule has 0 radical (unpaired) electrons. The number of nitrogens with zero attached hydrogens (tertiary/aromatic N) is 1. The van der Waals surface area contributed by atoms with Crippen LogP contribution in [0.3, 0.4) is 0 Å². The van der Waals surface area contributed by atoms with E-state index < -0.39 is 0 Å². The van der Waals surface area contributed by atoms with Gasteiger partial charge in [-0.25, -0.2) is 0 Å². The van der Waals surface area contributed by atoms with Crippen LogP contribution in [0.25, 0.3) is 0 Å². The minimum absolute atomic E-state index is 0.794. The average Bonchev–Trinajstić information content (AvgIpc) is 3.19. The van der Waals surface area contributed by atoms with Gasteiger partial charge in [0.2, 0.25) is 0 Å². The van der Waals surface area contributed by atoms with E-state index in [9.17, 15) is 0 Å². The van der Waals surface area contributed by atoms with Gasteiger partial charge in [-0.15, -0.1) is 0 Å². The van der Waals surface area contributed by atoms with Gasteiger partial charge in [0.15, 0.2) is 0 Å². The molecule has 2 unspecified atom stereocenters. The Morgan fingerprint density at radius 2 is 2.06 bits per heavy atom. The second-order valence-corrected chi connectivity index (χ2v) is 6.40. The van der Waals surface area contributed by atoms with Gasteiger partial charge in [0.25, 0.3) is 0 Å². The van der Waals surface area contributed by atoms with Crippen molar-refractivity contribution < 1.29 is 0 Å². The van der Waals surface area contributed by atoms with Gasteiger partial charge in [-0.2, -0.15) is 0 Å². The molecule has 0 aromatic heterocycles. The van der Waals surface area contributed by atoms with Crippen molar-refractivity contribution in [3.8, 4) is 0 Å². The van der Waals surface area contributed by atoms with Crippen molar-refractivity contribution in [2.45, 2.75) is 89.8 Å². The fourth-order valence-corrected chi connectivity index (χ4v) is 3.40. The molecular formula is C16H32N2. The lowest BCUT2D eigenvalue weighted by molar-refractivity contribution is 0.0908. The van der Waals surface area contributed by atoms with Gasteiger partial charge in [0.1, 0.15) is 0 Å². The maximum absolute atomic E-state index is 3.63. The highest BCUT2D eigenvalue weighted by Crippen LogP contribution is 2.24. The van der Waals surface area contributed by atoms with E-state index in [-0.39, 0.29) is 0 Å². The lowest BCUT2D eigenvalue weighted by Crippen LogP contribution is -2.45. The lowest BCUT2D eigenvalue weighted by atomic mass is 9.95. The first-order valence-electron chi connectivity index (χ1n) is 8.30. The normalized spacial score (nSPS) is 27.3. The third-order valence-corrected chi connectivity index (χ3v) is 4.67. The zero-order valence-electron chi connectivity index (χ0n) is 12.5. The van der Waals surface area contributed by atoms with Crippen LogP contribution in [-0.2, 0) is 0 Å². The Kier molecular flexibility index (Phi) is 5.97. The van der Waals surface area contributed by atoms with Crippen molar-refractivity contribution in [1.82, 2.24) is 10.2 Å². The molecule has 0 bridgehead atoms. The molecule has 1 saturated heterocycles. The molecular weight excluding hydrogens is 220 g/mol. The first-order valence-corrected chi connectivity index (χ1v) is 8.30. The third kappa shape index (κ3) is 4.55. The molecule has 2 fully saturated rings. The SMILES string of the molecule is CCCC1CCCCN1C(C)CCCNC1CC1. The highest BCUT2D eigenvalue weighted by molar-refractivity contribution is 4.82. The minimum Gasteiger partial charge on any atom is -0.314 e. The van der Waals surface area contributed by atoms with Crippen LogP contribution in [0, 0.1) is 0 Å². The van der Waals surface area contributed by atoms with Crippen molar-refractivity contribution >= 4 is 0 Å². The average molecular weight is 252 g/mol. The molecule has 0 aromatic rings.